The quantitative estimate of drug-likeness (QED) is 0.720. The van der Waals surface area contributed by atoms with Gasteiger partial charge in [0, 0.05) is 12.1 Å². The van der Waals surface area contributed by atoms with Crippen molar-refractivity contribution in [2.75, 3.05) is 14.2 Å². The first kappa shape index (κ1) is 13.6. The molecule has 0 saturated heterocycles. The van der Waals surface area contributed by atoms with Crippen LogP contribution in [0.15, 0.2) is 12.1 Å². The molecule has 5 heteroatoms. The standard InChI is InChI=1S/C12H19NO4/c1-4-8(15)12(13)11-9(16-2)5-7(14)6-10(11)17-3/h5-6,8,12,14-15H,4,13H2,1-3H3/t8-,12-/m1/s1. The summed E-state index contributed by atoms with van der Waals surface area (Å²) in [5.74, 6) is 0.837. The van der Waals surface area contributed by atoms with E-state index < -0.39 is 12.1 Å². The van der Waals surface area contributed by atoms with Crippen LogP contribution < -0.4 is 15.2 Å². The number of nitrogens with two attached hydrogens (primary N) is 1. The Morgan fingerprint density at radius 2 is 1.71 bits per heavy atom. The topological polar surface area (TPSA) is 84.9 Å². The third kappa shape index (κ3) is 2.81. The lowest BCUT2D eigenvalue weighted by atomic mass is 9.98. The van der Waals surface area contributed by atoms with Crippen LogP contribution in [0, 0.1) is 0 Å². The normalized spacial score (nSPS) is 14.2. The summed E-state index contributed by atoms with van der Waals surface area (Å²) in [5, 5.41) is 19.3. The van der Waals surface area contributed by atoms with Crippen LogP contribution in [0.3, 0.4) is 0 Å². The summed E-state index contributed by atoms with van der Waals surface area (Å²) in [6, 6.07) is 2.27. The average Bonchev–Trinajstić information content (AvgIpc) is 2.35. The van der Waals surface area contributed by atoms with E-state index >= 15 is 0 Å². The minimum atomic E-state index is -0.692. The van der Waals surface area contributed by atoms with E-state index in [0.717, 1.165) is 0 Å². The summed E-state index contributed by atoms with van der Waals surface area (Å²) < 4.78 is 10.3. The van der Waals surface area contributed by atoms with Gasteiger partial charge in [-0.1, -0.05) is 6.92 Å². The third-order valence-electron chi connectivity index (χ3n) is 2.69. The summed E-state index contributed by atoms with van der Waals surface area (Å²) in [6.45, 7) is 1.84. The molecule has 4 N–H and O–H groups in total. The van der Waals surface area contributed by atoms with Gasteiger partial charge >= 0.3 is 0 Å². The fourth-order valence-corrected chi connectivity index (χ4v) is 1.70. The van der Waals surface area contributed by atoms with Crippen LogP contribution in [-0.2, 0) is 0 Å². The van der Waals surface area contributed by atoms with Gasteiger partial charge in [0.05, 0.1) is 31.9 Å². The molecule has 0 amide bonds. The number of methoxy groups -OCH3 is 2. The van der Waals surface area contributed by atoms with E-state index in [1.54, 1.807) is 0 Å². The minimum Gasteiger partial charge on any atom is -0.508 e. The Bertz CT molecular complexity index is 356. The molecule has 1 aromatic carbocycles. The van der Waals surface area contributed by atoms with Gasteiger partial charge in [-0.2, -0.15) is 0 Å². The maximum absolute atomic E-state index is 9.79. The molecule has 0 saturated carbocycles. The van der Waals surface area contributed by atoms with Crippen LogP contribution in [-0.4, -0.2) is 30.5 Å². The molecule has 17 heavy (non-hydrogen) atoms. The number of benzene rings is 1. The molecule has 0 fully saturated rings. The number of phenolic OH excluding ortho intramolecular Hbond substituents is 1. The van der Waals surface area contributed by atoms with Crippen LogP contribution in [0.5, 0.6) is 17.2 Å². The monoisotopic (exact) mass is 241 g/mol. The van der Waals surface area contributed by atoms with Gasteiger partial charge in [-0.3, -0.25) is 0 Å². The molecule has 0 heterocycles. The zero-order valence-electron chi connectivity index (χ0n) is 10.3. The molecule has 0 aromatic heterocycles. The Labute approximate surface area is 101 Å². The van der Waals surface area contributed by atoms with Crippen molar-refractivity contribution in [1.29, 1.82) is 0 Å². The number of hydrogen-bond donors (Lipinski definition) is 3. The average molecular weight is 241 g/mol. The van der Waals surface area contributed by atoms with E-state index in [0.29, 0.717) is 23.5 Å². The highest BCUT2D eigenvalue weighted by atomic mass is 16.5. The van der Waals surface area contributed by atoms with Crippen LogP contribution >= 0.6 is 0 Å². The van der Waals surface area contributed by atoms with Gasteiger partial charge in [0.15, 0.2) is 0 Å². The molecule has 0 unspecified atom stereocenters. The van der Waals surface area contributed by atoms with Gasteiger partial charge in [0.1, 0.15) is 17.2 Å². The largest absolute Gasteiger partial charge is 0.508 e. The number of hydrogen-bond acceptors (Lipinski definition) is 5. The molecule has 0 aliphatic carbocycles. The molecule has 1 aromatic rings. The van der Waals surface area contributed by atoms with E-state index in [-0.39, 0.29) is 5.75 Å². The van der Waals surface area contributed by atoms with Crippen LogP contribution in [0.25, 0.3) is 0 Å². The second kappa shape index (κ2) is 5.75. The van der Waals surface area contributed by atoms with Crippen molar-refractivity contribution in [2.45, 2.75) is 25.5 Å². The van der Waals surface area contributed by atoms with E-state index in [1.165, 1.54) is 26.4 Å². The SMILES string of the molecule is CC[C@@H](O)[C@@H](N)c1c(OC)cc(O)cc1OC. The predicted molar refractivity (Wildman–Crippen MR) is 64.4 cm³/mol. The molecule has 96 valence electrons. The lowest BCUT2D eigenvalue weighted by molar-refractivity contribution is 0.138. The Hall–Kier alpha value is -1.46. The van der Waals surface area contributed by atoms with Crippen LogP contribution in [0.1, 0.15) is 24.9 Å². The highest BCUT2D eigenvalue weighted by Gasteiger charge is 2.24. The predicted octanol–water partition coefficient (Wildman–Crippen LogP) is 1.18. The third-order valence-corrected chi connectivity index (χ3v) is 2.69. The molecule has 0 aliphatic rings. The Balaban J connectivity index is 3.28. The maximum Gasteiger partial charge on any atom is 0.131 e. The Morgan fingerprint density at radius 1 is 1.24 bits per heavy atom. The van der Waals surface area contributed by atoms with Crippen molar-refractivity contribution in [3.05, 3.63) is 17.7 Å². The molecule has 0 radical (unpaired) electrons. The van der Waals surface area contributed by atoms with Gasteiger partial charge in [-0.15, -0.1) is 0 Å². The Kier molecular flexibility index (Phi) is 4.60. The molecule has 1 rings (SSSR count). The Morgan fingerprint density at radius 3 is 2.06 bits per heavy atom. The van der Waals surface area contributed by atoms with Crippen molar-refractivity contribution in [3.63, 3.8) is 0 Å². The van der Waals surface area contributed by atoms with Gasteiger partial charge < -0.3 is 25.4 Å². The van der Waals surface area contributed by atoms with E-state index in [2.05, 4.69) is 0 Å². The minimum absolute atomic E-state index is 0.0284. The lowest BCUT2D eigenvalue weighted by Crippen LogP contribution is -2.26. The van der Waals surface area contributed by atoms with Gasteiger partial charge in [-0.25, -0.2) is 0 Å². The van der Waals surface area contributed by atoms with Crippen molar-refractivity contribution >= 4 is 0 Å². The van der Waals surface area contributed by atoms with Crippen molar-refractivity contribution in [3.8, 4) is 17.2 Å². The molecular formula is C12H19NO4. The zero-order chi connectivity index (χ0) is 13.0. The second-order valence-corrected chi connectivity index (χ2v) is 3.77. The van der Waals surface area contributed by atoms with Crippen LogP contribution in [0.4, 0.5) is 0 Å². The molecule has 0 spiro atoms. The highest BCUT2D eigenvalue weighted by Crippen LogP contribution is 2.38. The summed E-state index contributed by atoms with van der Waals surface area (Å²) in [5.41, 5.74) is 6.52. The summed E-state index contributed by atoms with van der Waals surface area (Å²) >= 11 is 0. The van der Waals surface area contributed by atoms with Crippen LogP contribution in [0.2, 0.25) is 0 Å². The van der Waals surface area contributed by atoms with Gasteiger partial charge in [0.2, 0.25) is 0 Å². The highest BCUT2D eigenvalue weighted by molar-refractivity contribution is 5.52. The molecule has 5 nitrogen and oxygen atoms in total. The number of aromatic hydroxyl groups is 1. The number of ether oxygens (including phenoxy) is 2. The first-order valence-corrected chi connectivity index (χ1v) is 5.43. The fourth-order valence-electron chi connectivity index (χ4n) is 1.70. The van der Waals surface area contributed by atoms with Crippen molar-refractivity contribution in [2.24, 2.45) is 5.73 Å². The second-order valence-electron chi connectivity index (χ2n) is 3.77. The smallest absolute Gasteiger partial charge is 0.131 e. The van der Waals surface area contributed by atoms with E-state index in [9.17, 15) is 10.2 Å². The van der Waals surface area contributed by atoms with Gasteiger partial charge in [-0.05, 0) is 6.42 Å². The van der Waals surface area contributed by atoms with Gasteiger partial charge in [0.25, 0.3) is 0 Å². The van der Waals surface area contributed by atoms with E-state index in [1.807, 2.05) is 6.92 Å². The molecule has 2 atom stereocenters. The van der Waals surface area contributed by atoms with Crippen molar-refractivity contribution < 1.29 is 19.7 Å². The summed E-state index contributed by atoms with van der Waals surface area (Å²) in [6.07, 6.45) is -0.170. The summed E-state index contributed by atoms with van der Waals surface area (Å²) in [7, 11) is 2.95. The number of aliphatic hydroxyl groups is 1. The first-order chi connectivity index (χ1) is 8.04. The molecular weight excluding hydrogens is 222 g/mol. The molecule has 0 bridgehead atoms. The fraction of sp³-hybridized carbons (Fsp3) is 0.500. The first-order valence-electron chi connectivity index (χ1n) is 5.43. The molecule has 0 aliphatic heterocycles. The maximum atomic E-state index is 9.79. The summed E-state index contributed by atoms with van der Waals surface area (Å²) in [4.78, 5) is 0. The van der Waals surface area contributed by atoms with Crippen molar-refractivity contribution in [1.82, 2.24) is 0 Å². The number of phenols is 1. The van der Waals surface area contributed by atoms with E-state index in [4.69, 9.17) is 15.2 Å². The number of aliphatic hydroxyl groups excluding tert-OH is 1. The zero-order valence-corrected chi connectivity index (χ0v) is 10.3. The lowest BCUT2D eigenvalue weighted by Gasteiger charge is -2.22. The number of rotatable bonds is 5.